The van der Waals surface area contributed by atoms with E-state index in [1.807, 2.05) is 0 Å². The number of rotatable bonds is 6. The number of carbonyl (C=O) groups excluding carboxylic acids is 1. The molecule has 1 aliphatic rings. The van der Waals surface area contributed by atoms with Crippen LogP contribution in [0.25, 0.3) is 0 Å². The molecule has 0 aliphatic carbocycles. The van der Waals surface area contributed by atoms with Crippen LogP contribution in [0.2, 0.25) is 0 Å². The molecule has 3 heteroatoms. The Morgan fingerprint density at radius 2 is 1.92 bits per heavy atom. The molecule has 0 amide bonds. The van der Waals surface area contributed by atoms with Crippen molar-refractivity contribution in [3.63, 3.8) is 0 Å². The van der Waals surface area contributed by atoms with E-state index in [1.54, 1.807) is 0 Å². The van der Waals surface area contributed by atoms with E-state index in [1.165, 1.54) is 32.1 Å². The highest BCUT2D eigenvalue weighted by molar-refractivity contribution is 5.75. The molecule has 0 spiro atoms. The molecular formula is C10H20O3. The van der Waals surface area contributed by atoms with Crippen LogP contribution < -0.4 is 0 Å². The molecule has 1 fully saturated rings. The molecule has 1 aliphatic heterocycles. The molecule has 1 saturated heterocycles. The fraction of sp³-hybridized carbons (Fsp3) is 0.900. The lowest BCUT2D eigenvalue weighted by Crippen LogP contribution is -2.32. The first-order chi connectivity index (χ1) is 5.83. The van der Waals surface area contributed by atoms with Crippen LogP contribution in [-0.2, 0) is 9.53 Å². The normalized spacial score (nSPS) is 20.1. The summed E-state index contributed by atoms with van der Waals surface area (Å²) in [5.41, 5.74) is 0. The molecule has 0 aromatic rings. The van der Waals surface area contributed by atoms with E-state index in [2.05, 4.69) is 6.92 Å². The summed E-state index contributed by atoms with van der Waals surface area (Å²) in [5.74, 6) is -0.0199. The Balaban J connectivity index is 0.00000144. The highest BCUT2D eigenvalue weighted by atomic mass is 16.6. The second-order valence-electron chi connectivity index (χ2n) is 3.52. The van der Waals surface area contributed by atoms with Crippen molar-refractivity contribution < 1.29 is 15.0 Å². The molecule has 0 aromatic heterocycles. The van der Waals surface area contributed by atoms with Gasteiger partial charge < -0.3 is 10.2 Å². The van der Waals surface area contributed by atoms with E-state index >= 15 is 0 Å². The van der Waals surface area contributed by atoms with Crippen molar-refractivity contribution in [2.24, 2.45) is 0 Å². The predicted octanol–water partition coefficient (Wildman–Crippen LogP) is 1.84. The Bertz CT molecular complexity index is 137. The number of ether oxygens (including phenoxy) is 1. The van der Waals surface area contributed by atoms with Gasteiger partial charge in [-0.3, -0.25) is 4.79 Å². The third-order valence-corrected chi connectivity index (χ3v) is 2.32. The molecule has 1 rings (SSSR count). The number of hydrogen-bond acceptors (Lipinski definition) is 2. The first-order valence-corrected chi connectivity index (χ1v) is 5.02. The van der Waals surface area contributed by atoms with Gasteiger partial charge in [-0.15, -0.1) is 0 Å². The van der Waals surface area contributed by atoms with Crippen molar-refractivity contribution in [3.8, 4) is 0 Å². The fourth-order valence-electron chi connectivity index (χ4n) is 1.50. The van der Waals surface area contributed by atoms with Crippen LogP contribution in [0.1, 0.15) is 51.9 Å². The molecule has 1 heterocycles. The summed E-state index contributed by atoms with van der Waals surface area (Å²) in [5, 5.41) is 0. The van der Waals surface area contributed by atoms with Gasteiger partial charge in [0.05, 0.1) is 6.42 Å². The first-order valence-electron chi connectivity index (χ1n) is 5.02. The van der Waals surface area contributed by atoms with Crippen molar-refractivity contribution >= 4 is 5.97 Å². The van der Waals surface area contributed by atoms with Gasteiger partial charge in [0.15, 0.2) is 0 Å². The summed E-state index contributed by atoms with van der Waals surface area (Å²) in [7, 11) is 0. The monoisotopic (exact) mass is 188 g/mol. The van der Waals surface area contributed by atoms with Crippen LogP contribution in [-0.4, -0.2) is 17.5 Å². The first kappa shape index (κ1) is 12.4. The Labute approximate surface area is 79.8 Å². The van der Waals surface area contributed by atoms with Crippen molar-refractivity contribution in [2.45, 2.75) is 58.0 Å². The average molecular weight is 188 g/mol. The van der Waals surface area contributed by atoms with Crippen LogP contribution >= 0.6 is 0 Å². The van der Waals surface area contributed by atoms with Crippen LogP contribution in [0, 0.1) is 0 Å². The third kappa shape index (κ3) is 4.88. The maximum atomic E-state index is 10.4. The van der Waals surface area contributed by atoms with Gasteiger partial charge >= 0.3 is 5.97 Å². The molecule has 78 valence electrons. The lowest BCUT2D eigenvalue weighted by molar-refractivity contribution is -0.169. The molecule has 0 radical (unpaired) electrons. The number of unbranched alkanes of at least 4 members (excludes halogenated alkanes) is 4. The zero-order valence-electron chi connectivity index (χ0n) is 8.34. The quantitative estimate of drug-likeness (QED) is 0.471. The van der Waals surface area contributed by atoms with Gasteiger partial charge in [0.1, 0.15) is 6.10 Å². The SMILES string of the molecule is CCCCCCCC1CC(=O)O1.O. The lowest BCUT2D eigenvalue weighted by atomic mass is 10.0. The average Bonchev–Trinajstić information content (AvgIpc) is 2.00. The molecule has 0 saturated carbocycles. The van der Waals surface area contributed by atoms with Crippen LogP contribution in [0.4, 0.5) is 0 Å². The summed E-state index contributed by atoms with van der Waals surface area (Å²) in [6.07, 6.45) is 8.47. The van der Waals surface area contributed by atoms with Crippen molar-refractivity contribution in [1.82, 2.24) is 0 Å². The van der Waals surface area contributed by atoms with E-state index < -0.39 is 0 Å². The van der Waals surface area contributed by atoms with Gasteiger partial charge in [-0.1, -0.05) is 32.6 Å². The molecule has 1 unspecified atom stereocenters. The Hall–Kier alpha value is -0.570. The standard InChI is InChI=1S/C10H18O2.H2O/c1-2-3-4-5-6-7-9-8-10(11)12-9;/h9H,2-8H2,1H3;1H2. The second-order valence-corrected chi connectivity index (χ2v) is 3.52. The van der Waals surface area contributed by atoms with E-state index in [0.717, 1.165) is 6.42 Å². The smallest absolute Gasteiger partial charge is 0.309 e. The molecule has 13 heavy (non-hydrogen) atoms. The van der Waals surface area contributed by atoms with Crippen molar-refractivity contribution in [1.29, 1.82) is 0 Å². The van der Waals surface area contributed by atoms with Gasteiger partial charge in [-0.25, -0.2) is 0 Å². The van der Waals surface area contributed by atoms with Gasteiger partial charge in [0, 0.05) is 0 Å². The number of hydrogen-bond donors (Lipinski definition) is 0. The largest absolute Gasteiger partial charge is 0.462 e. The molecule has 0 aromatic carbocycles. The Morgan fingerprint density at radius 1 is 1.31 bits per heavy atom. The zero-order valence-corrected chi connectivity index (χ0v) is 8.34. The van der Waals surface area contributed by atoms with E-state index in [9.17, 15) is 4.79 Å². The Kier molecular flexibility index (Phi) is 6.59. The third-order valence-electron chi connectivity index (χ3n) is 2.32. The molecule has 1 atom stereocenters. The summed E-state index contributed by atoms with van der Waals surface area (Å²) < 4.78 is 4.91. The minimum absolute atomic E-state index is 0. The highest BCUT2D eigenvalue weighted by Gasteiger charge is 2.27. The van der Waals surface area contributed by atoms with Gasteiger partial charge in [-0.2, -0.15) is 0 Å². The fourth-order valence-corrected chi connectivity index (χ4v) is 1.50. The topological polar surface area (TPSA) is 57.8 Å². The molecule has 2 N–H and O–H groups in total. The highest BCUT2D eigenvalue weighted by Crippen LogP contribution is 2.19. The van der Waals surface area contributed by atoms with Crippen LogP contribution in [0.3, 0.4) is 0 Å². The van der Waals surface area contributed by atoms with Gasteiger partial charge in [-0.05, 0) is 12.8 Å². The van der Waals surface area contributed by atoms with E-state index in [-0.39, 0.29) is 17.5 Å². The predicted molar refractivity (Wildman–Crippen MR) is 51.5 cm³/mol. The summed E-state index contributed by atoms with van der Waals surface area (Å²) >= 11 is 0. The summed E-state index contributed by atoms with van der Waals surface area (Å²) in [4.78, 5) is 10.4. The number of esters is 1. The van der Waals surface area contributed by atoms with E-state index in [0.29, 0.717) is 6.42 Å². The van der Waals surface area contributed by atoms with Crippen LogP contribution in [0.5, 0.6) is 0 Å². The second kappa shape index (κ2) is 6.89. The molecule has 3 nitrogen and oxygen atoms in total. The van der Waals surface area contributed by atoms with Gasteiger partial charge in [0.25, 0.3) is 0 Å². The van der Waals surface area contributed by atoms with Crippen molar-refractivity contribution in [2.75, 3.05) is 0 Å². The van der Waals surface area contributed by atoms with E-state index in [4.69, 9.17) is 4.74 Å². The Morgan fingerprint density at radius 3 is 2.46 bits per heavy atom. The summed E-state index contributed by atoms with van der Waals surface area (Å²) in [6, 6.07) is 0. The number of cyclic esters (lactones) is 1. The maximum absolute atomic E-state index is 10.4. The zero-order chi connectivity index (χ0) is 8.81. The lowest BCUT2D eigenvalue weighted by Gasteiger charge is -2.25. The number of carbonyl (C=O) groups is 1. The van der Waals surface area contributed by atoms with Crippen LogP contribution in [0.15, 0.2) is 0 Å². The minimum Gasteiger partial charge on any atom is -0.462 e. The summed E-state index contributed by atoms with van der Waals surface area (Å²) in [6.45, 7) is 2.22. The minimum atomic E-state index is -0.0199. The maximum Gasteiger partial charge on any atom is 0.309 e. The molecule has 0 bridgehead atoms. The molecular weight excluding hydrogens is 168 g/mol. The van der Waals surface area contributed by atoms with Crippen molar-refractivity contribution in [3.05, 3.63) is 0 Å². The van der Waals surface area contributed by atoms with Gasteiger partial charge in [0.2, 0.25) is 0 Å².